The van der Waals surface area contributed by atoms with E-state index in [-0.39, 0.29) is 36.2 Å². The molecule has 2 aliphatic heterocycles. The van der Waals surface area contributed by atoms with E-state index in [0.29, 0.717) is 31.0 Å². The van der Waals surface area contributed by atoms with Crippen molar-refractivity contribution in [3.63, 3.8) is 0 Å². The number of hydrogen-bond acceptors (Lipinski definition) is 6. The summed E-state index contributed by atoms with van der Waals surface area (Å²) < 4.78 is 24.0. The number of rotatable bonds is 6. The van der Waals surface area contributed by atoms with E-state index in [4.69, 9.17) is 9.15 Å². The molecule has 1 aromatic heterocycles. The van der Waals surface area contributed by atoms with Gasteiger partial charge in [0.15, 0.2) is 0 Å². The average molecular weight is 427 g/mol. The number of likely N-dealkylation sites (tertiary alicyclic amines) is 1. The lowest BCUT2D eigenvalue weighted by atomic mass is 9.98. The minimum absolute atomic E-state index is 0.160. The summed E-state index contributed by atoms with van der Waals surface area (Å²) in [5, 5.41) is 6.04. The van der Waals surface area contributed by atoms with E-state index in [2.05, 4.69) is 5.10 Å². The average Bonchev–Trinajstić information content (AvgIpc) is 3.45. The number of furan rings is 1. The first kappa shape index (κ1) is 21.2. The topological polar surface area (TPSA) is 75.3 Å². The third-order valence-corrected chi connectivity index (χ3v) is 5.70. The molecule has 1 fully saturated rings. The maximum Gasteiger partial charge on any atom is 0.310 e. The first-order valence-electron chi connectivity index (χ1n) is 10.6. The predicted molar refractivity (Wildman–Crippen MR) is 112 cm³/mol. The van der Waals surface area contributed by atoms with Crippen molar-refractivity contribution in [2.24, 2.45) is 11.0 Å². The van der Waals surface area contributed by atoms with Crippen LogP contribution < -0.4 is 0 Å². The Bertz CT molecular complexity index is 942. The largest absolute Gasteiger partial charge is 0.467 e. The van der Waals surface area contributed by atoms with Crippen molar-refractivity contribution in [2.75, 3.05) is 26.2 Å². The minimum Gasteiger partial charge on any atom is -0.467 e. The van der Waals surface area contributed by atoms with Crippen LogP contribution in [0.3, 0.4) is 0 Å². The van der Waals surface area contributed by atoms with E-state index in [1.165, 1.54) is 17.1 Å². The number of piperidine rings is 1. The van der Waals surface area contributed by atoms with E-state index in [1.54, 1.807) is 31.4 Å². The van der Waals surface area contributed by atoms with Gasteiger partial charge in [0, 0.05) is 13.0 Å². The zero-order valence-corrected chi connectivity index (χ0v) is 17.5. The predicted octanol–water partition coefficient (Wildman–Crippen LogP) is 3.37. The number of carbonyl (C=O) groups is 2. The molecule has 0 aliphatic carbocycles. The zero-order valence-electron chi connectivity index (χ0n) is 17.5. The van der Waals surface area contributed by atoms with Crippen molar-refractivity contribution in [1.29, 1.82) is 0 Å². The summed E-state index contributed by atoms with van der Waals surface area (Å²) in [6.45, 7) is 3.55. The number of amides is 1. The molecule has 4 rings (SSSR count). The van der Waals surface area contributed by atoms with Crippen LogP contribution in [0.1, 0.15) is 43.6 Å². The van der Waals surface area contributed by atoms with Crippen LogP contribution in [-0.2, 0) is 14.3 Å². The molecular formula is C23H26FN3O4. The lowest BCUT2D eigenvalue weighted by Gasteiger charge is -2.32. The molecule has 2 aliphatic rings. The molecule has 2 atom stereocenters. The summed E-state index contributed by atoms with van der Waals surface area (Å²) in [6, 6.07) is 9.34. The SMILES string of the molecule is CCOC(=O)[C@@H]1CCCN(CC(=O)N2N=C(c3ccc(F)cc3)C[C@@H]2c2ccco2)C1. The van der Waals surface area contributed by atoms with Crippen LogP contribution in [0.25, 0.3) is 0 Å². The van der Waals surface area contributed by atoms with Crippen molar-refractivity contribution < 1.29 is 23.1 Å². The van der Waals surface area contributed by atoms with Crippen molar-refractivity contribution in [3.8, 4) is 0 Å². The Morgan fingerprint density at radius 1 is 1.26 bits per heavy atom. The van der Waals surface area contributed by atoms with Gasteiger partial charge >= 0.3 is 5.97 Å². The molecule has 164 valence electrons. The van der Waals surface area contributed by atoms with Gasteiger partial charge in [-0.3, -0.25) is 14.5 Å². The van der Waals surface area contributed by atoms with E-state index in [1.807, 2.05) is 11.0 Å². The number of esters is 1. The third-order valence-electron chi connectivity index (χ3n) is 5.70. The number of benzene rings is 1. The van der Waals surface area contributed by atoms with Crippen LogP contribution >= 0.6 is 0 Å². The summed E-state index contributed by atoms with van der Waals surface area (Å²) in [6.07, 6.45) is 3.66. The molecule has 7 nitrogen and oxygen atoms in total. The van der Waals surface area contributed by atoms with Gasteiger partial charge in [0.2, 0.25) is 0 Å². The molecule has 31 heavy (non-hydrogen) atoms. The highest BCUT2D eigenvalue weighted by molar-refractivity contribution is 6.03. The Morgan fingerprint density at radius 3 is 2.77 bits per heavy atom. The first-order chi connectivity index (χ1) is 15.0. The van der Waals surface area contributed by atoms with E-state index in [9.17, 15) is 14.0 Å². The number of hydrazone groups is 1. The summed E-state index contributed by atoms with van der Waals surface area (Å²) in [5.74, 6) is -0.246. The van der Waals surface area contributed by atoms with Gasteiger partial charge in [-0.2, -0.15) is 5.10 Å². The quantitative estimate of drug-likeness (QED) is 0.661. The van der Waals surface area contributed by atoms with Crippen LogP contribution in [0.4, 0.5) is 4.39 Å². The molecule has 1 amide bonds. The number of hydrogen-bond donors (Lipinski definition) is 0. The standard InChI is InChI=1S/C23H26FN3O4/c1-2-30-23(29)17-5-3-11-26(14-17)15-22(28)27-20(21-6-4-12-31-21)13-19(25-27)16-7-9-18(24)10-8-16/h4,6-10,12,17,20H,2-3,5,11,13-15H2,1H3/t17-,20-/m1/s1. The molecule has 0 radical (unpaired) electrons. The summed E-state index contributed by atoms with van der Waals surface area (Å²) in [4.78, 5) is 27.3. The smallest absolute Gasteiger partial charge is 0.310 e. The molecule has 8 heteroatoms. The van der Waals surface area contributed by atoms with Gasteiger partial charge in [-0.05, 0) is 56.1 Å². The Hall–Kier alpha value is -3.00. The first-order valence-corrected chi connectivity index (χ1v) is 10.6. The highest BCUT2D eigenvalue weighted by atomic mass is 19.1. The van der Waals surface area contributed by atoms with Crippen molar-refractivity contribution in [1.82, 2.24) is 9.91 Å². The number of carbonyl (C=O) groups excluding carboxylic acids is 2. The van der Waals surface area contributed by atoms with Gasteiger partial charge in [-0.25, -0.2) is 9.40 Å². The summed E-state index contributed by atoms with van der Waals surface area (Å²) in [7, 11) is 0. The minimum atomic E-state index is -0.354. The van der Waals surface area contributed by atoms with Gasteiger partial charge in [0.05, 0.1) is 31.0 Å². The van der Waals surface area contributed by atoms with Gasteiger partial charge in [-0.1, -0.05) is 12.1 Å². The maximum absolute atomic E-state index is 13.3. The second kappa shape index (κ2) is 9.43. The molecular weight excluding hydrogens is 401 g/mol. The lowest BCUT2D eigenvalue weighted by Crippen LogP contribution is -2.44. The Labute approximate surface area is 180 Å². The van der Waals surface area contributed by atoms with Crippen LogP contribution in [0.2, 0.25) is 0 Å². The highest BCUT2D eigenvalue weighted by Gasteiger charge is 2.36. The fourth-order valence-electron chi connectivity index (χ4n) is 4.17. The zero-order chi connectivity index (χ0) is 21.8. The number of nitrogens with zero attached hydrogens (tertiary/aromatic N) is 3. The van der Waals surface area contributed by atoms with Gasteiger partial charge in [0.1, 0.15) is 17.6 Å². The van der Waals surface area contributed by atoms with Gasteiger partial charge in [0.25, 0.3) is 5.91 Å². The molecule has 3 heterocycles. The molecule has 1 saturated heterocycles. The monoisotopic (exact) mass is 427 g/mol. The second-order valence-corrected chi connectivity index (χ2v) is 7.85. The lowest BCUT2D eigenvalue weighted by molar-refractivity contribution is -0.150. The van der Waals surface area contributed by atoms with Crippen LogP contribution in [0.15, 0.2) is 52.2 Å². The second-order valence-electron chi connectivity index (χ2n) is 7.85. The van der Waals surface area contributed by atoms with E-state index < -0.39 is 0 Å². The molecule has 2 aromatic rings. The molecule has 0 saturated carbocycles. The molecule has 1 aromatic carbocycles. The highest BCUT2D eigenvalue weighted by Crippen LogP contribution is 2.33. The van der Waals surface area contributed by atoms with E-state index >= 15 is 0 Å². The third kappa shape index (κ3) is 4.85. The molecule has 0 spiro atoms. The maximum atomic E-state index is 13.3. The Kier molecular flexibility index (Phi) is 6.46. The van der Waals surface area contributed by atoms with Crippen molar-refractivity contribution in [2.45, 2.75) is 32.2 Å². The fraction of sp³-hybridized carbons (Fsp3) is 0.435. The summed E-state index contributed by atoms with van der Waals surface area (Å²) in [5.41, 5.74) is 1.48. The fourth-order valence-corrected chi connectivity index (χ4v) is 4.17. The number of halogens is 1. The van der Waals surface area contributed by atoms with Crippen LogP contribution in [-0.4, -0.2) is 53.7 Å². The van der Waals surface area contributed by atoms with Crippen LogP contribution in [0, 0.1) is 11.7 Å². The van der Waals surface area contributed by atoms with Crippen LogP contribution in [0.5, 0.6) is 0 Å². The summed E-state index contributed by atoms with van der Waals surface area (Å²) >= 11 is 0. The van der Waals surface area contributed by atoms with Crippen molar-refractivity contribution >= 4 is 17.6 Å². The van der Waals surface area contributed by atoms with E-state index in [0.717, 1.165) is 24.9 Å². The Balaban J connectivity index is 1.49. The van der Waals surface area contributed by atoms with Gasteiger partial charge < -0.3 is 9.15 Å². The molecule has 0 N–H and O–H groups in total. The van der Waals surface area contributed by atoms with Crippen molar-refractivity contribution in [3.05, 3.63) is 59.8 Å². The Morgan fingerprint density at radius 2 is 2.06 bits per heavy atom. The van der Waals surface area contributed by atoms with Gasteiger partial charge in [-0.15, -0.1) is 0 Å². The number of ether oxygens (including phenoxy) is 1. The molecule has 0 bridgehead atoms. The normalized spacial score (nSPS) is 21.7. The molecule has 0 unspecified atom stereocenters.